The van der Waals surface area contributed by atoms with E-state index in [1.807, 2.05) is 13.8 Å². The van der Waals surface area contributed by atoms with Gasteiger partial charge >= 0.3 is 5.97 Å². The summed E-state index contributed by atoms with van der Waals surface area (Å²) < 4.78 is 91.7. The van der Waals surface area contributed by atoms with Crippen LogP contribution in [0, 0.1) is 23.3 Å². The van der Waals surface area contributed by atoms with Gasteiger partial charge in [0.1, 0.15) is 15.0 Å². The number of rotatable bonds is 5. The van der Waals surface area contributed by atoms with Gasteiger partial charge in [0.25, 0.3) is 0 Å². The fourth-order valence-corrected chi connectivity index (χ4v) is 2.85. The van der Waals surface area contributed by atoms with Crippen molar-refractivity contribution < 1.29 is 40.1 Å². The zero-order valence-corrected chi connectivity index (χ0v) is 14.9. The molecule has 1 atom stereocenters. The standard InChI is InChI=1S/C17H14F4O5S/c1-3-8(2)9-4-6-10(7-5-9)17(22)26-15-11(18)13(20)16(27(23,24)25)14(21)12(15)19/h4-8H,3H2,1-2H3,(H,23,24,25)/p-1. The van der Waals surface area contributed by atoms with Gasteiger partial charge in [0.2, 0.25) is 17.4 Å². The molecule has 0 aliphatic carbocycles. The van der Waals surface area contributed by atoms with Gasteiger partial charge in [0.05, 0.1) is 5.56 Å². The fraction of sp³-hybridized carbons (Fsp3) is 0.235. The summed E-state index contributed by atoms with van der Waals surface area (Å²) in [6, 6.07) is 5.74. The van der Waals surface area contributed by atoms with E-state index in [0.29, 0.717) is 0 Å². The largest absolute Gasteiger partial charge is 0.744 e. The van der Waals surface area contributed by atoms with Crippen molar-refractivity contribution >= 4 is 16.1 Å². The third kappa shape index (κ3) is 4.11. The number of esters is 1. The first-order valence-corrected chi connectivity index (χ1v) is 9.03. The molecule has 0 radical (unpaired) electrons. The van der Waals surface area contributed by atoms with Crippen LogP contribution in [0.2, 0.25) is 0 Å². The van der Waals surface area contributed by atoms with Gasteiger partial charge in [0.15, 0.2) is 11.6 Å². The van der Waals surface area contributed by atoms with Gasteiger partial charge < -0.3 is 9.29 Å². The summed E-state index contributed by atoms with van der Waals surface area (Å²) in [6.45, 7) is 3.89. The predicted molar refractivity (Wildman–Crippen MR) is 84.3 cm³/mol. The minimum atomic E-state index is -5.84. The molecule has 0 saturated heterocycles. The number of benzene rings is 2. The first-order chi connectivity index (χ1) is 12.5. The SMILES string of the molecule is CCC(C)c1ccc(C(=O)Oc2c(F)c(F)c(S(=O)(=O)[O-])c(F)c2F)cc1. The van der Waals surface area contributed by atoms with Gasteiger partial charge in [-0.15, -0.1) is 0 Å². The predicted octanol–water partition coefficient (Wildman–Crippen LogP) is 3.88. The van der Waals surface area contributed by atoms with Gasteiger partial charge in [0, 0.05) is 0 Å². The van der Waals surface area contributed by atoms with E-state index in [9.17, 15) is 35.3 Å². The van der Waals surface area contributed by atoms with Crippen molar-refractivity contribution in [2.75, 3.05) is 0 Å². The Morgan fingerprint density at radius 1 is 1.04 bits per heavy atom. The molecule has 146 valence electrons. The molecule has 10 heteroatoms. The van der Waals surface area contributed by atoms with Crippen LogP contribution in [0.25, 0.3) is 0 Å². The number of hydrogen-bond acceptors (Lipinski definition) is 5. The Morgan fingerprint density at radius 2 is 1.52 bits per heavy atom. The summed E-state index contributed by atoms with van der Waals surface area (Å²) in [4.78, 5) is 9.67. The van der Waals surface area contributed by atoms with E-state index in [-0.39, 0.29) is 11.5 Å². The molecule has 0 amide bonds. The maximum Gasteiger partial charge on any atom is 0.343 e. The number of carbonyl (C=O) groups is 1. The van der Waals surface area contributed by atoms with Crippen molar-refractivity contribution in [2.24, 2.45) is 0 Å². The highest BCUT2D eigenvalue weighted by atomic mass is 32.2. The second-order valence-corrected chi connectivity index (χ2v) is 7.01. The lowest BCUT2D eigenvalue weighted by Crippen LogP contribution is -2.16. The van der Waals surface area contributed by atoms with Crippen molar-refractivity contribution in [3.63, 3.8) is 0 Å². The summed E-state index contributed by atoms with van der Waals surface area (Å²) >= 11 is 0. The second kappa shape index (κ2) is 7.65. The summed E-state index contributed by atoms with van der Waals surface area (Å²) in [6.07, 6.45) is 0.827. The van der Waals surface area contributed by atoms with Gasteiger partial charge in [-0.2, -0.15) is 8.78 Å². The second-order valence-electron chi connectivity index (χ2n) is 5.69. The van der Waals surface area contributed by atoms with Gasteiger partial charge in [-0.1, -0.05) is 26.0 Å². The van der Waals surface area contributed by atoms with Crippen LogP contribution in [-0.2, 0) is 10.1 Å². The molecule has 0 aliphatic rings. The van der Waals surface area contributed by atoms with Gasteiger partial charge in [-0.05, 0) is 30.0 Å². The van der Waals surface area contributed by atoms with Crippen LogP contribution in [0.5, 0.6) is 5.75 Å². The van der Waals surface area contributed by atoms with E-state index in [2.05, 4.69) is 4.74 Å². The highest BCUT2D eigenvalue weighted by molar-refractivity contribution is 7.85. The number of ether oxygens (including phenoxy) is 1. The highest BCUT2D eigenvalue weighted by Gasteiger charge is 2.31. The van der Waals surface area contributed by atoms with Crippen molar-refractivity contribution in [3.05, 3.63) is 58.7 Å². The third-order valence-corrected chi connectivity index (χ3v) is 4.81. The topological polar surface area (TPSA) is 83.5 Å². The summed E-state index contributed by atoms with van der Waals surface area (Å²) in [5.74, 6) is -12.5. The highest BCUT2D eigenvalue weighted by Crippen LogP contribution is 2.33. The quantitative estimate of drug-likeness (QED) is 0.248. The molecule has 0 N–H and O–H groups in total. The lowest BCUT2D eigenvalue weighted by atomic mass is 9.98. The molecule has 2 aromatic carbocycles. The van der Waals surface area contributed by atoms with Crippen molar-refractivity contribution in [1.82, 2.24) is 0 Å². The van der Waals surface area contributed by atoms with Gasteiger partial charge in [-0.3, -0.25) is 0 Å². The molecule has 0 aliphatic heterocycles. The molecule has 27 heavy (non-hydrogen) atoms. The van der Waals surface area contributed by atoms with E-state index in [4.69, 9.17) is 0 Å². The molecule has 5 nitrogen and oxygen atoms in total. The molecule has 0 saturated carbocycles. The third-order valence-electron chi connectivity index (χ3n) is 3.96. The van der Waals surface area contributed by atoms with E-state index < -0.39 is 50.0 Å². The van der Waals surface area contributed by atoms with Crippen LogP contribution in [0.3, 0.4) is 0 Å². The van der Waals surface area contributed by atoms with Crippen LogP contribution in [0.4, 0.5) is 17.6 Å². The van der Waals surface area contributed by atoms with Crippen molar-refractivity contribution in [2.45, 2.75) is 31.1 Å². The molecule has 2 aromatic rings. The van der Waals surface area contributed by atoms with Crippen LogP contribution in [-0.4, -0.2) is 18.9 Å². The van der Waals surface area contributed by atoms with E-state index in [0.717, 1.165) is 12.0 Å². The lowest BCUT2D eigenvalue weighted by molar-refractivity contribution is 0.0716. The van der Waals surface area contributed by atoms with Crippen LogP contribution >= 0.6 is 0 Å². The van der Waals surface area contributed by atoms with E-state index in [1.165, 1.54) is 12.1 Å². The first kappa shape index (κ1) is 20.8. The summed E-state index contributed by atoms with van der Waals surface area (Å²) in [5, 5.41) is 0. The lowest BCUT2D eigenvalue weighted by Gasteiger charge is -2.14. The molecule has 2 rings (SSSR count). The summed E-state index contributed by atoms with van der Waals surface area (Å²) in [5.41, 5.74) is 0.718. The Labute approximate surface area is 152 Å². The van der Waals surface area contributed by atoms with Crippen molar-refractivity contribution in [3.8, 4) is 5.75 Å². The Morgan fingerprint density at radius 3 is 1.93 bits per heavy atom. The number of hydrogen-bond donors (Lipinski definition) is 0. The molecular weight excluding hydrogens is 392 g/mol. The monoisotopic (exact) mass is 405 g/mol. The van der Waals surface area contributed by atoms with Crippen LogP contribution < -0.4 is 4.74 Å². The molecular formula is C17H13F4O5S-. The van der Waals surface area contributed by atoms with Gasteiger partial charge in [-0.25, -0.2) is 22.0 Å². The minimum Gasteiger partial charge on any atom is -0.744 e. The maximum absolute atomic E-state index is 13.9. The molecule has 0 fully saturated rings. The Hall–Kier alpha value is -2.46. The molecule has 0 spiro atoms. The number of halogens is 4. The Balaban J connectivity index is 2.42. The van der Waals surface area contributed by atoms with Crippen molar-refractivity contribution in [1.29, 1.82) is 0 Å². The normalized spacial score (nSPS) is 12.7. The molecule has 0 bridgehead atoms. The number of carbonyl (C=O) groups excluding carboxylic acids is 1. The summed E-state index contributed by atoms with van der Waals surface area (Å²) in [7, 11) is -5.84. The molecule has 0 aromatic heterocycles. The van der Waals surface area contributed by atoms with E-state index >= 15 is 0 Å². The molecule has 1 unspecified atom stereocenters. The van der Waals surface area contributed by atoms with E-state index in [1.54, 1.807) is 12.1 Å². The zero-order valence-electron chi connectivity index (χ0n) is 14.1. The average Bonchev–Trinajstić information content (AvgIpc) is 2.62. The van der Waals surface area contributed by atoms with Crippen LogP contribution in [0.1, 0.15) is 42.1 Å². The average molecular weight is 405 g/mol. The zero-order chi connectivity index (χ0) is 20.5. The Kier molecular flexibility index (Phi) is 5.91. The Bertz CT molecular complexity index is 958. The minimum absolute atomic E-state index is 0.165. The maximum atomic E-state index is 13.9. The molecule has 0 heterocycles. The first-order valence-electron chi connectivity index (χ1n) is 7.63. The van der Waals surface area contributed by atoms with Crippen LogP contribution in [0.15, 0.2) is 29.2 Å². The fourth-order valence-electron chi connectivity index (χ4n) is 2.24. The smallest absolute Gasteiger partial charge is 0.343 e.